The van der Waals surface area contributed by atoms with Gasteiger partial charge >= 0.3 is 0 Å². The van der Waals surface area contributed by atoms with Gasteiger partial charge in [0, 0.05) is 21.6 Å². The molecule has 1 rings (SSSR count). The van der Waals surface area contributed by atoms with Gasteiger partial charge in [-0.05, 0) is 31.0 Å². The van der Waals surface area contributed by atoms with Gasteiger partial charge in [-0.15, -0.1) is 0 Å². The van der Waals surface area contributed by atoms with E-state index in [9.17, 15) is 4.79 Å². The van der Waals surface area contributed by atoms with Gasteiger partial charge in [0.25, 0.3) is 0 Å². The van der Waals surface area contributed by atoms with E-state index in [1.54, 1.807) is 12.1 Å². The molecule has 3 heteroatoms. The van der Waals surface area contributed by atoms with Crippen LogP contribution in [0.15, 0.2) is 22.7 Å². The first kappa shape index (κ1) is 12.2. The number of carbonyl (C=O) groups is 1. The monoisotopic (exact) mass is 269 g/mol. The highest BCUT2D eigenvalue weighted by Gasteiger charge is 2.18. The van der Waals surface area contributed by atoms with E-state index in [1.165, 1.54) is 0 Å². The molecule has 0 saturated carbocycles. The summed E-state index contributed by atoms with van der Waals surface area (Å²) in [6.45, 7) is 4.06. The Balaban J connectivity index is 3.00. The topological polar surface area (TPSA) is 43.1 Å². The lowest BCUT2D eigenvalue weighted by Gasteiger charge is -2.12. The first-order valence-electron chi connectivity index (χ1n) is 5.19. The Hall–Kier alpha value is -0.830. The van der Waals surface area contributed by atoms with Crippen LogP contribution in [0.2, 0.25) is 0 Å². The Morgan fingerprint density at radius 2 is 2.00 bits per heavy atom. The number of hydrogen-bond acceptors (Lipinski definition) is 2. The van der Waals surface area contributed by atoms with Crippen molar-refractivity contribution in [1.82, 2.24) is 0 Å². The highest BCUT2D eigenvalue weighted by molar-refractivity contribution is 9.10. The molecule has 0 heterocycles. The standard InChI is InChI=1S/C12H16BrNO/c1-3-8(4-2)12(15)10-6-5-9(13)7-11(10)14/h5-8H,3-4,14H2,1-2H3. The number of halogens is 1. The van der Waals surface area contributed by atoms with Crippen LogP contribution < -0.4 is 5.73 Å². The molecule has 82 valence electrons. The van der Waals surface area contributed by atoms with Crippen molar-refractivity contribution >= 4 is 27.4 Å². The molecule has 1 aromatic rings. The summed E-state index contributed by atoms with van der Waals surface area (Å²) in [5.74, 6) is 0.249. The van der Waals surface area contributed by atoms with Crippen molar-refractivity contribution in [2.24, 2.45) is 5.92 Å². The zero-order chi connectivity index (χ0) is 11.4. The SMILES string of the molecule is CCC(CC)C(=O)c1ccc(Br)cc1N. The molecule has 2 N–H and O–H groups in total. The summed E-state index contributed by atoms with van der Waals surface area (Å²) in [7, 11) is 0. The van der Waals surface area contributed by atoms with Crippen LogP contribution in [0.4, 0.5) is 5.69 Å². The number of Topliss-reactive ketones (excluding diaryl/α,β-unsaturated/α-hetero) is 1. The fourth-order valence-corrected chi connectivity index (χ4v) is 2.02. The lowest BCUT2D eigenvalue weighted by molar-refractivity contribution is 0.0914. The van der Waals surface area contributed by atoms with E-state index in [4.69, 9.17) is 5.73 Å². The predicted molar refractivity (Wildman–Crippen MR) is 67.0 cm³/mol. The molecule has 0 aliphatic carbocycles. The summed E-state index contributed by atoms with van der Waals surface area (Å²) in [4.78, 5) is 12.0. The zero-order valence-electron chi connectivity index (χ0n) is 9.09. The van der Waals surface area contributed by atoms with Crippen molar-refractivity contribution in [3.05, 3.63) is 28.2 Å². The van der Waals surface area contributed by atoms with Gasteiger partial charge in [-0.1, -0.05) is 29.8 Å². The van der Waals surface area contributed by atoms with Gasteiger partial charge in [0.1, 0.15) is 0 Å². The number of carbonyl (C=O) groups excluding carboxylic acids is 1. The van der Waals surface area contributed by atoms with Crippen molar-refractivity contribution in [3.8, 4) is 0 Å². The molecule has 0 saturated heterocycles. The fraction of sp³-hybridized carbons (Fsp3) is 0.417. The highest BCUT2D eigenvalue weighted by Crippen LogP contribution is 2.23. The van der Waals surface area contributed by atoms with Crippen LogP contribution in [0.5, 0.6) is 0 Å². The maximum atomic E-state index is 12.0. The van der Waals surface area contributed by atoms with E-state index >= 15 is 0 Å². The van der Waals surface area contributed by atoms with Crippen LogP contribution in [0, 0.1) is 5.92 Å². The molecule has 0 bridgehead atoms. The summed E-state index contributed by atoms with van der Waals surface area (Å²) in [6, 6.07) is 5.42. The van der Waals surface area contributed by atoms with Gasteiger partial charge in [-0.3, -0.25) is 4.79 Å². The Morgan fingerprint density at radius 3 is 2.47 bits per heavy atom. The van der Waals surface area contributed by atoms with Crippen LogP contribution in [-0.2, 0) is 0 Å². The van der Waals surface area contributed by atoms with Crippen LogP contribution in [-0.4, -0.2) is 5.78 Å². The third-order valence-corrected chi connectivity index (χ3v) is 3.13. The third-order valence-electron chi connectivity index (χ3n) is 2.64. The maximum Gasteiger partial charge on any atom is 0.167 e. The fourth-order valence-electron chi connectivity index (χ4n) is 1.64. The number of rotatable bonds is 4. The number of ketones is 1. The van der Waals surface area contributed by atoms with Crippen LogP contribution >= 0.6 is 15.9 Å². The molecule has 1 aromatic carbocycles. The Morgan fingerprint density at radius 1 is 1.40 bits per heavy atom. The first-order chi connectivity index (χ1) is 7.10. The quantitative estimate of drug-likeness (QED) is 0.670. The number of anilines is 1. The summed E-state index contributed by atoms with van der Waals surface area (Å²) >= 11 is 3.33. The van der Waals surface area contributed by atoms with Gasteiger partial charge in [-0.2, -0.15) is 0 Å². The first-order valence-corrected chi connectivity index (χ1v) is 5.98. The number of hydrogen-bond donors (Lipinski definition) is 1. The summed E-state index contributed by atoms with van der Waals surface area (Å²) in [5, 5.41) is 0. The van der Waals surface area contributed by atoms with Gasteiger partial charge in [0.15, 0.2) is 5.78 Å². The lowest BCUT2D eigenvalue weighted by atomic mass is 9.92. The second-order valence-electron chi connectivity index (χ2n) is 3.61. The van der Waals surface area contributed by atoms with Crippen molar-refractivity contribution in [2.75, 3.05) is 5.73 Å². The maximum absolute atomic E-state index is 12.0. The number of benzene rings is 1. The van der Waals surface area contributed by atoms with Crippen molar-refractivity contribution in [1.29, 1.82) is 0 Å². The molecular formula is C12H16BrNO. The molecule has 0 radical (unpaired) electrons. The molecule has 0 amide bonds. The van der Waals surface area contributed by atoms with E-state index in [-0.39, 0.29) is 11.7 Å². The van der Waals surface area contributed by atoms with Gasteiger partial charge < -0.3 is 5.73 Å². The summed E-state index contributed by atoms with van der Waals surface area (Å²) in [6.07, 6.45) is 1.73. The normalized spacial score (nSPS) is 10.7. The molecule has 0 aliphatic rings. The lowest BCUT2D eigenvalue weighted by Crippen LogP contribution is -2.14. The van der Waals surface area contributed by atoms with E-state index in [0.717, 1.165) is 17.3 Å². The van der Waals surface area contributed by atoms with Crippen LogP contribution in [0.25, 0.3) is 0 Å². The zero-order valence-corrected chi connectivity index (χ0v) is 10.7. The van der Waals surface area contributed by atoms with Gasteiger partial charge in [0.2, 0.25) is 0 Å². The van der Waals surface area contributed by atoms with E-state index in [0.29, 0.717) is 11.3 Å². The average Bonchev–Trinajstić information content (AvgIpc) is 2.19. The predicted octanol–water partition coefficient (Wildman–Crippen LogP) is 3.65. The highest BCUT2D eigenvalue weighted by atomic mass is 79.9. The number of nitrogens with two attached hydrogens (primary N) is 1. The smallest absolute Gasteiger partial charge is 0.167 e. The van der Waals surface area contributed by atoms with Gasteiger partial charge in [-0.25, -0.2) is 0 Å². The summed E-state index contributed by atoms with van der Waals surface area (Å²) < 4.78 is 0.904. The Bertz CT molecular complexity index is 359. The van der Waals surface area contributed by atoms with E-state index in [2.05, 4.69) is 15.9 Å². The van der Waals surface area contributed by atoms with Crippen molar-refractivity contribution < 1.29 is 4.79 Å². The largest absolute Gasteiger partial charge is 0.398 e. The summed E-state index contributed by atoms with van der Waals surface area (Å²) in [5.41, 5.74) is 7.02. The Labute approximate surface area is 99.0 Å². The van der Waals surface area contributed by atoms with Crippen LogP contribution in [0.3, 0.4) is 0 Å². The van der Waals surface area contributed by atoms with Crippen molar-refractivity contribution in [3.63, 3.8) is 0 Å². The minimum Gasteiger partial charge on any atom is -0.398 e. The second kappa shape index (κ2) is 5.31. The van der Waals surface area contributed by atoms with E-state index < -0.39 is 0 Å². The minimum atomic E-state index is 0.0912. The molecule has 0 aromatic heterocycles. The molecule has 0 unspecified atom stereocenters. The molecule has 0 aliphatic heterocycles. The molecule has 0 spiro atoms. The van der Waals surface area contributed by atoms with E-state index in [1.807, 2.05) is 19.9 Å². The third kappa shape index (κ3) is 2.81. The van der Waals surface area contributed by atoms with Crippen LogP contribution in [0.1, 0.15) is 37.0 Å². The average molecular weight is 270 g/mol. The van der Waals surface area contributed by atoms with Gasteiger partial charge in [0.05, 0.1) is 0 Å². The molecular weight excluding hydrogens is 254 g/mol. The molecule has 0 fully saturated rings. The Kier molecular flexibility index (Phi) is 4.33. The molecule has 0 atom stereocenters. The number of nitrogen functional groups attached to an aromatic ring is 1. The minimum absolute atomic E-state index is 0.0912. The molecule has 2 nitrogen and oxygen atoms in total. The molecule has 15 heavy (non-hydrogen) atoms. The van der Waals surface area contributed by atoms with Crippen molar-refractivity contribution in [2.45, 2.75) is 26.7 Å². The second-order valence-corrected chi connectivity index (χ2v) is 4.52.